The smallest absolute Gasteiger partial charge is 0.420 e. The van der Waals surface area contributed by atoms with Gasteiger partial charge in [0.15, 0.2) is 23.5 Å². The number of nitrogens with zero attached hydrogens (tertiary/aromatic N) is 3. The molecule has 1 aromatic rings. The van der Waals surface area contributed by atoms with Gasteiger partial charge in [-0.3, -0.25) is 14.4 Å². The van der Waals surface area contributed by atoms with Crippen LogP contribution >= 0.6 is 0 Å². The molecule has 1 aromatic heterocycles. The molecule has 2 aliphatic heterocycles. The number of rotatable bonds is 7. The van der Waals surface area contributed by atoms with Crippen LogP contribution in [0, 0.1) is 23.7 Å². The Bertz CT molecular complexity index is 1280. The fourth-order valence-corrected chi connectivity index (χ4v) is 7.09. The Morgan fingerprint density at radius 2 is 1.77 bits per heavy atom. The van der Waals surface area contributed by atoms with Crippen LogP contribution < -0.4 is 0 Å². The third-order valence-electron chi connectivity index (χ3n) is 10.2. The number of aromatic nitrogens is 2. The molecule has 0 N–H and O–H groups in total. The molecule has 48 heavy (non-hydrogen) atoms. The molecule has 0 bridgehead atoms. The molecule has 270 valence electrons. The SMILES string of the molecule is CCC1OC(=O)C(C)C(=O)C(C)[C@@H](OC2C[C@@H](N(C)C)CC(C)O2)C(C)[C@H](OC)C[C@@H](C)C(=O)/C(C)=C/[C@]1(CC)OC(=O)n1ccnc1. The summed E-state index contributed by atoms with van der Waals surface area (Å²) < 4.78 is 32.2. The van der Waals surface area contributed by atoms with E-state index < -0.39 is 60.0 Å². The summed E-state index contributed by atoms with van der Waals surface area (Å²) in [6, 6.07) is 0.231. The van der Waals surface area contributed by atoms with Crippen molar-refractivity contribution < 1.29 is 42.9 Å². The van der Waals surface area contributed by atoms with Crippen molar-refractivity contribution in [3.05, 3.63) is 30.4 Å². The van der Waals surface area contributed by atoms with Gasteiger partial charge in [-0.1, -0.05) is 34.6 Å². The fourth-order valence-electron chi connectivity index (χ4n) is 7.09. The minimum absolute atomic E-state index is 0.0491. The number of cyclic esters (lactones) is 1. The van der Waals surface area contributed by atoms with Gasteiger partial charge in [0.25, 0.3) is 0 Å². The molecule has 0 spiro atoms. The van der Waals surface area contributed by atoms with E-state index in [0.29, 0.717) is 18.4 Å². The van der Waals surface area contributed by atoms with Crippen molar-refractivity contribution in [3.8, 4) is 0 Å². The third-order valence-corrected chi connectivity index (χ3v) is 10.2. The standard InChI is InChI=1S/C36H57N3O9/c1-12-29-36(13-2,48-35(43)39-15-14-37-20-39)19-22(4)31(40)21(3)16-28(44-11)24(6)33(25(7)32(41)26(8)34(42)46-29)47-30-18-27(38(9)10)17-23(5)45-30/h14-15,19-21,23-30,33H,12-13,16-18H2,1-11H3/b22-19+/t21-,23?,24?,25?,26?,27+,28-,29?,30?,33+,36+/m1/s1. The molecule has 12 nitrogen and oxygen atoms in total. The largest absolute Gasteiger partial charge is 0.457 e. The first-order chi connectivity index (χ1) is 22.6. The number of carbonyl (C=O) groups is 4. The van der Waals surface area contributed by atoms with Gasteiger partial charge in [-0.25, -0.2) is 14.3 Å². The molecule has 11 atom stereocenters. The molecule has 0 radical (unpaired) electrons. The summed E-state index contributed by atoms with van der Waals surface area (Å²) in [6.45, 7) is 14.3. The zero-order valence-corrected chi connectivity index (χ0v) is 30.6. The molecule has 0 aromatic carbocycles. The Morgan fingerprint density at radius 3 is 2.33 bits per heavy atom. The normalized spacial score (nSPS) is 37.2. The van der Waals surface area contributed by atoms with Crippen LogP contribution in [0.4, 0.5) is 4.79 Å². The van der Waals surface area contributed by atoms with E-state index in [-0.39, 0.29) is 42.5 Å². The van der Waals surface area contributed by atoms with Crippen LogP contribution in [0.3, 0.4) is 0 Å². The predicted octanol–water partition coefficient (Wildman–Crippen LogP) is 5.23. The van der Waals surface area contributed by atoms with E-state index in [1.807, 2.05) is 34.9 Å². The number of esters is 1. The van der Waals surface area contributed by atoms with Gasteiger partial charge in [0, 0.05) is 49.7 Å². The fraction of sp³-hybridized carbons (Fsp3) is 0.750. The van der Waals surface area contributed by atoms with Crippen molar-refractivity contribution in [2.75, 3.05) is 21.2 Å². The second kappa shape index (κ2) is 17.1. The average Bonchev–Trinajstić information content (AvgIpc) is 3.61. The van der Waals surface area contributed by atoms with E-state index in [1.165, 1.54) is 30.2 Å². The zero-order chi connectivity index (χ0) is 35.9. The molecule has 0 amide bonds. The van der Waals surface area contributed by atoms with Gasteiger partial charge in [0.2, 0.25) is 0 Å². The van der Waals surface area contributed by atoms with E-state index in [4.69, 9.17) is 23.7 Å². The molecule has 3 rings (SSSR count). The molecule has 12 heteroatoms. The van der Waals surface area contributed by atoms with Gasteiger partial charge in [0.05, 0.1) is 18.3 Å². The Hall–Kier alpha value is -2.93. The summed E-state index contributed by atoms with van der Waals surface area (Å²) in [4.78, 5) is 61.2. The van der Waals surface area contributed by atoms with Crippen LogP contribution in [0.15, 0.2) is 30.4 Å². The number of Topliss-reactive ketones (excluding diaryl/α,β-unsaturated/α-hetero) is 2. The van der Waals surface area contributed by atoms with Gasteiger partial charge in [0.1, 0.15) is 18.3 Å². The maximum absolute atomic E-state index is 14.1. The summed E-state index contributed by atoms with van der Waals surface area (Å²) in [6.07, 6.45) is 4.54. The van der Waals surface area contributed by atoms with Gasteiger partial charge in [-0.15, -0.1) is 0 Å². The number of methoxy groups -OCH3 is 1. The lowest BCUT2D eigenvalue weighted by Gasteiger charge is -2.41. The van der Waals surface area contributed by atoms with E-state index in [1.54, 1.807) is 40.9 Å². The predicted molar refractivity (Wildman–Crippen MR) is 179 cm³/mol. The molecular weight excluding hydrogens is 618 g/mol. The molecule has 0 aliphatic carbocycles. The maximum atomic E-state index is 14.1. The van der Waals surface area contributed by atoms with Crippen LogP contribution in [0.2, 0.25) is 0 Å². The topological polar surface area (TPSA) is 135 Å². The van der Waals surface area contributed by atoms with Crippen molar-refractivity contribution in [2.24, 2.45) is 23.7 Å². The quantitative estimate of drug-likeness (QED) is 0.278. The molecule has 1 fully saturated rings. The van der Waals surface area contributed by atoms with Crippen LogP contribution in [-0.2, 0) is 38.1 Å². The van der Waals surface area contributed by atoms with Crippen molar-refractivity contribution in [1.82, 2.24) is 14.5 Å². The van der Waals surface area contributed by atoms with Gasteiger partial charge in [-0.2, -0.15) is 0 Å². The number of ketones is 2. The monoisotopic (exact) mass is 675 g/mol. The molecular formula is C36H57N3O9. The summed E-state index contributed by atoms with van der Waals surface area (Å²) in [7, 11) is 5.64. The first kappa shape index (κ1) is 39.5. The van der Waals surface area contributed by atoms with E-state index in [9.17, 15) is 19.2 Å². The van der Waals surface area contributed by atoms with Crippen LogP contribution in [-0.4, -0.2) is 102 Å². The van der Waals surface area contributed by atoms with E-state index in [2.05, 4.69) is 9.88 Å². The molecule has 1 saturated heterocycles. The summed E-state index contributed by atoms with van der Waals surface area (Å²) in [5, 5.41) is 0. The number of carbonyl (C=O) groups excluding carboxylic acids is 4. The van der Waals surface area contributed by atoms with Gasteiger partial charge >= 0.3 is 12.1 Å². The first-order valence-corrected chi connectivity index (χ1v) is 17.3. The lowest BCUT2D eigenvalue weighted by Crippen LogP contribution is -2.50. The van der Waals surface area contributed by atoms with Crippen LogP contribution in [0.5, 0.6) is 0 Å². The molecule has 6 unspecified atom stereocenters. The van der Waals surface area contributed by atoms with E-state index >= 15 is 0 Å². The highest BCUT2D eigenvalue weighted by Crippen LogP contribution is 2.35. The third kappa shape index (κ3) is 9.19. The first-order valence-electron chi connectivity index (χ1n) is 17.3. The van der Waals surface area contributed by atoms with Crippen molar-refractivity contribution in [3.63, 3.8) is 0 Å². The summed E-state index contributed by atoms with van der Waals surface area (Å²) in [5.74, 6) is -4.00. The lowest BCUT2D eigenvalue weighted by molar-refractivity contribution is -0.241. The highest BCUT2D eigenvalue weighted by molar-refractivity contribution is 6.00. The Labute approximate surface area is 285 Å². The molecule has 3 heterocycles. The number of ether oxygens (including phenoxy) is 5. The Balaban J connectivity index is 2.08. The Kier molecular flexibility index (Phi) is 14.1. The van der Waals surface area contributed by atoms with Crippen LogP contribution in [0.1, 0.15) is 87.5 Å². The second-order valence-electron chi connectivity index (χ2n) is 13.9. The number of imidazole rings is 1. The van der Waals surface area contributed by atoms with Crippen molar-refractivity contribution in [1.29, 1.82) is 0 Å². The minimum atomic E-state index is -1.50. The lowest BCUT2D eigenvalue weighted by atomic mass is 9.80. The number of allylic oxidation sites excluding steroid dienone is 1. The van der Waals surface area contributed by atoms with Gasteiger partial charge in [-0.05, 0) is 72.2 Å². The molecule has 2 aliphatic rings. The second-order valence-corrected chi connectivity index (χ2v) is 13.9. The molecule has 0 saturated carbocycles. The maximum Gasteiger partial charge on any atom is 0.420 e. The number of hydrogen-bond donors (Lipinski definition) is 0. The van der Waals surface area contributed by atoms with Crippen molar-refractivity contribution >= 4 is 23.6 Å². The van der Waals surface area contributed by atoms with E-state index in [0.717, 1.165) is 6.42 Å². The van der Waals surface area contributed by atoms with Crippen LogP contribution in [0.25, 0.3) is 0 Å². The summed E-state index contributed by atoms with van der Waals surface area (Å²) >= 11 is 0. The zero-order valence-electron chi connectivity index (χ0n) is 30.6. The minimum Gasteiger partial charge on any atom is -0.457 e. The Morgan fingerprint density at radius 1 is 1.08 bits per heavy atom. The highest BCUT2D eigenvalue weighted by atomic mass is 16.7. The van der Waals surface area contributed by atoms with Gasteiger partial charge < -0.3 is 28.6 Å². The average molecular weight is 676 g/mol. The highest BCUT2D eigenvalue weighted by Gasteiger charge is 2.46. The van der Waals surface area contributed by atoms with Crippen molar-refractivity contribution in [2.45, 2.75) is 130 Å². The summed E-state index contributed by atoms with van der Waals surface area (Å²) in [5.41, 5.74) is -1.14. The number of hydrogen-bond acceptors (Lipinski definition) is 11.